The summed E-state index contributed by atoms with van der Waals surface area (Å²) in [5.74, 6) is -0.779. The van der Waals surface area contributed by atoms with Crippen LogP contribution in [0.15, 0.2) is 0 Å². The van der Waals surface area contributed by atoms with Crippen LogP contribution in [0.1, 0.15) is 20.8 Å². The molecule has 8 heteroatoms. The van der Waals surface area contributed by atoms with E-state index >= 15 is 0 Å². The molecule has 0 radical (unpaired) electrons. The third kappa shape index (κ3) is 7.72. The molecule has 0 aromatic rings. The number of halogens is 1. The fourth-order valence-electron chi connectivity index (χ4n) is 0.910. The van der Waals surface area contributed by atoms with E-state index in [1.54, 1.807) is 20.8 Å². The number of esters is 1. The van der Waals surface area contributed by atoms with Crippen molar-refractivity contribution in [2.45, 2.75) is 32.4 Å². The minimum atomic E-state index is -1.17. The molecule has 0 heterocycles. The van der Waals surface area contributed by atoms with Crippen molar-refractivity contribution in [2.75, 3.05) is 13.7 Å². The summed E-state index contributed by atoms with van der Waals surface area (Å²) in [6, 6.07) is -1.17. The van der Waals surface area contributed by atoms with Crippen molar-refractivity contribution in [3.63, 3.8) is 0 Å². The molecule has 1 atom stereocenters. The molecule has 104 valence electrons. The molecule has 1 N–H and O–H groups in total. The highest BCUT2D eigenvalue weighted by atomic mass is 35.5. The van der Waals surface area contributed by atoms with E-state index < -0.39 is 35.7 Å². The molecule has 0 aromatic carbocycles. The van der Waals surface area contributed by atoms with Gasteiger partial charge in [-0.2, -0.15) is 0 Å². The summed E-state index contributed by atoms with van der Waals surface area (Å²) in [6.07, 6.45) is -0.830. The lowest BCUT2D eigenvalue weighted by molar-refractivity contribution is -0.144. The molecule has 1 amide bonds. The first-order valence-corrected chi connectivity index (χ1v) is 5.43. The number of rotatable bonds is 4. The minimum absolute atomic E-state index is 0.436. The number of hydrogen-bond acceptors (Lipinski definition) is 6. The van der Waals surface area contributed by atoms with E-state index in [9.17, 15) is 14.4 Å². The highest BCUT2D eigenvalue weighted by molar-refractivity contribution is 6.61. The lowest BCUT2D eigenvalue weighted by Crippen LogP contribution is -2.46. The topological polar surface area (TPSA) is 90.9 Å². The zero-order valence-electron chi connectivity index (χ0n) is 10.6. The SMILES string of the molecule is COC(=O)C(COC(=O)Cl)NC(=O)OC(C)(C)C. The van der Waals surface area contributed by atoms with E-state index in [4.69, 9.17) is 16.3 Å². The lowest BCUT2D eigenvalue weighted by Gasteiger charge is -2.22. The molecule has 7 nitrogen and oxygen atoms in total. The van der Waals surface area contributed by atoms with Crippen LogP contribution in [0.3, 0.4) is 0 Å². The highest BCUT2D eigenvalue weighted by Crippen LogP contribution is 2.07. The number of carbonyl (C=O) groups excluding carboxylic acids is 3. The van der Waals surface area contributed by atoms with Gasteiger partial charge in [-0.3, -0.25) is 0 Å². The van der Waals surface area contributed by atoms with E-state index in [1.165, 1.54) is 0 Å². The predicted molar refractivity (Wildman–Crippen MR) is 62.4 cm³/mol. The first-order valence-electron chi connectivity index (χ1n) is 5.05. The molecule has 0 aliphatic rings. The van der Waals surface area contributed by atoms with Crippen molar-refractivity contribution < 1.29 is 28.6 Å². The number of amides is 1. The van der Waals surface area contributed by atoms with Gasteiger partial charge >= 0.3 is 17.5 Å². The van der Waals surface area contributed by atoms with E-state index in [1.807, 2.05) is 0 Å². The predicted octanol–water partition coefficient (Wildman–Crippen LogP) is 1.43. The maximum absolute atomic E-state index is 11.4. The van der Waals surface area contributed by atoms with Crippen LogP contribution in [0, 0.1) is 0 Å². The molecule has 0 fully saturated rings. The number of carbonyl (C=O) groups is 3. The molecule has 0 bridgehead atoms. The van der Waals surface area contributed by atoms with Crippen LogP contribution in [-0.4, -0.2) is 42.9 Å². The van der Waals surface area contributed by atoms with Crippen molar-refractivity contribution in [1.29, 1.82) is 0 Å². The Morgan fingerprint density at radius 3 is 2.22 bits per heavy atom. The second kappa shape index (κ2) is 7.05. The molecule has 0 aliphatic heterocycles. The van der Waals surface area contributed by atoms with Gasteiger partial charge in [0.05, 0.1) is 7.11 Å². The molecule has 0 aromatic heterocycles. The molecule has 0 rings (SSSR count). The molecule has 0 spiro atoms. The average molecular weight is 282 g/mol. The third-order valence-corrected chi connectivity index (χ3v) is 1.65. The molecule has 18 heavy (non-hydrogen) atoms. The number of methoxy groups -OCH3 is 1. The zero-order valence-corrected chi connectivity index (χ0v) is 11.4. The highest BCUT2D eigenvalue weighted by Gasteiger charge is 2.26. The van der Waals surface area contributed by atoms with Gasteiger partial charge in [-0.25, -0.2) is 14.4 Å². The summed E-state index contributed by atoms with van der Waals surface area (Å²) in [7, 11) is 1.13. The Kier molecular flexibility index (Phi) is 6.46. The molecule has 0 saturated carbocycles. The summed E-state index contributed by atoms with van der Waals surface area (Å²) >= 11 is 4.96. The number of ether oxygens (including phenoxy) is 3. The van der Waals surface area contributed by atoms with Gasteiger partial charge in [-0.05, 0) is 20.8 Å². The van der Waals surface area contributed by atoms with Crippen LogP contribution in [-0.2, 0) is 19.0 Å². The van der Waals surface area contributed by atoms with Gasteiger partial charge in [-0.1, -0.05) is 0 Å². The van der Waals surface area contributed by atoms with Crippen molar-refractivity contribution in [2.24, 2.45) is 0 Å². The van der Waals surface area contributed by atoms with E-state index in [0.29, 0.717) is 0 Å². The Hall–Kier alpha value is -1.50. The number of alkyl carbamates (subject to hydrolysis) is 1. The quantitative estimate of drug-likeness (QED) is 0.476. The average Bonchev–Trinajstić information content (AvgIpc) is 2.20. The normalized spacial score (nSPS) is 12.3. The van der Waals surface area contributed by atoms with Crippen LogP contribution in [0.4, 0.5) is 9.59 Å². The molecule has 1 unspecified atom stereocenters. The first-order chi connectivity index (χ1) is 8.15. The van der Waals surface area contributed by atoms with Crippen molar-refractivity contribution in [3.05, 3.63) is 0 Å². The van der Waals surface area contributed by atoms with Gasteiger partial charge in [0.15, 0.2) is 6.04 Å². The lowest BCUT2D eigenvalue weighted by atomic mass is 10.2. The Labute approximate surface area is 110 Å². The Balaban J connectivity index is 4.45. The summed E-state index contributed by atoms with van der Waals surface area (Å²) in [6.45, 7) is 4.56. The standard InChI is InChI=1S/C10H16ClNO6/c1-10(2,3)18-9(15)12-6(7(13)16-4)5-17-8(11)14/h6H,5H2,1-4H3,(H,12,15). The Morgan fingerprint density at radius 2 is 1.83 bits per heavy atom. The van der Waals surface area contributed by atoms with E-state index in [2.05, 4.69) is 14.8 Å². The van der Waals surface area contributed by atoms with E-state index in [-0.39, 0.29) is 0 Å². The van der Waals surface area contributed by atoms with Gasteiger partial charge in [0.1, 0.15) is 12.2 Å². The van der Waals surface area contributed by atoms with Crippen molar-refractivity contribution in [3.8, 4) is 0 Å². The summed E-state index contributed by atoms with van der Waals surface area (Å²) in [4.78, 5) is 33.1. The van der Waals surface area contributed by atoms with Crippen molar-refractivity contribution >= 4 is 29.1 Å². The second-order valence-corrected chi connectivity index (χ2v) is 4.58. The van der Waals surface area contributed by atoms with Crippen LogP contribution in [0.25, 0.3) is 0 Å². The second-order valence-electron chi connectivity index (χ2n) is 4.27. The van der Waals surface area contributed by atoms with Crippen LogP contribution >= 0.6 is 11.6 Å². The Bertz CT molecular complexity index is 325. The summed E-state index contributed by atoms with van der Waals surface area (Å²) in [5, 5.41) is 2.21. The minimum Gasteiger partial charge on any atom is -0.467 e. The fourth-order valence-corrected chi connectivity index (χ4v) is 0.973. The third-order valence-electron chi connectivity index (χ3n) is 1.54. The first kappa shape index (κ1) is 16.5. The molecular formula is C10H16ClNO6. The maximum Gasteiger partial charge on any atom is 0.408 e. The number of hydrogen-bond donors (Lipinski definition) is 1. The van der Waals surface area contributed by atoms with Gasteiger partial charge in [0.2, 0.25) is 0 Å². The fraction of sp³-hybridized carbons (Fsp3) is 0.700. The molecule has 0 aliphatic carbocycles. The smallest absolute Gasteiger partial charge is 0.408 e. The van der Waals surface area contributed by atoms with E-state index in [0.717, 1.165) is 7.11 Å². The Morgan fingerprint density at radius 1 is 1.28 bits per heavy atom. The van der Waals surface area contributed by atoms with Crippen LogP contribution in [0.2, 0.25) is 0 Å². The molecular weight excluding hydrogens is 266 g/mol. The summed E-state index contributed by atoms with van der Waals surface area (Å²) < 4.78 is 13.8. The zero-order chi connectivity index (χ0) is 14.3. The largest absolute Gasteiger partial charge is 0.467 e. The summed E-state index contributed by atoms with van der Waals surface area (Å²) in [5.41, 5.74) is -1.80. The number of nitrogens with one attached hydrogen (secondary N) is 1. The van der Waals surface area contributed by atoms with Crippen molar-refractivity contribution in [1.82, 2.24) is 5.32 Å². The monoisotopic (exact) mass is 281 g/mol. The van der Waals surface area contributed by atoms with Crippen LogP contribution < -0.4 is 5.32 Å². The van der Waals surface area contributed by atoms with Gasteiger partial charge in [0.25, 0.3) is 0 Å². The van der Waals surface area contributed by atoms with Crippen LogP contribution in [0.5, 0.6) is 0 Å². The van der Waals surface area contributed by atoms with Gasteiger partial charge < -0.3 is 19.5 Å². The molecule has 0 saturated heterocycles. The van der Waals surface area contributed by atoms with Gasteiger partial charge in [-0.15, -0.1) is 0 Å². The van der Waals surface area contributed by atoms with Gasteiger partial charge in [0, 0.05) is 11.6 Å². The maximum atomic E-state index is 11.4.